The number of ether oxygens (including phenoxy) is 1. The van der Waals surface area contributed by atoms with Crippen molar-refractivity contribution < 1.29 is 19.4 Å². The number of carbonyl (C=O) groups excluding carboxylic acids is 1. The third-order valence-electron chi connectivity index (χ3n) is 4.36. The van der Waals surface area contributed by atoms with Gasteiger partial charge in [0.15, 0.2) is 0 Å². The van der Waals surface area contributed by atoms with E-state index < -0.39 is 11.9 Å². The van der Waals surface area contributed by atoms with Crippen LogP contribution in [0.15, 0.2) is 36.7 Å². The molecule has 0 saturated heterocycles. The zero-order valence-electron chi connectivity index (χ0n) is 13.8. The topological polar surface area (TPSA) is 101 Å². The van der Waals surface area contributed by atoms with Crippen molar-refractivity contribution in [1.82, 2.24) is 9.97 Å². The number of hydrogen-bond donors (Lipinski definition) is 2. The van der Waals surface area contributed by atoms with Gasteiger partial charge in [-0.25, -0.2) is 9.97 Å². The maximum Gasteiger partial charge on any atom is 0.321 e. The molecule has 130 valence electrons. The number of benzene rings is 1. The molecular formula is C18H19N3O4. The number of aliphatic carboxylic acids is 1. The second-order valence-corrected chi connectivity index (χ2v) is 6.14. The maximum absolute atomic E-state index is 12.4. The molecule has 0 unspecified atom stereocenters. The minimum atomic E-state index is -0.823. The Balaban J connectivity index is 1.63. The lowest BCUT2D eigenvalue weighted by atomic mass is 10.0. The lowest BCUT2D eigenvalue weighted by molar-refractivity contribution is -0.141. The molecule has 25 heavy (non-hydrogen) atoms. The van der Waals surface area contributed by atoms with Crippen LogP contribution < -0.4 is 10.1 Å². The van der Waals surface area contributed by atoms with E-state index in [1.807, 2.05) is 6.92 Å². The van der Waals surface area contributed by atoms with E-state index in [-0.39, 0.29) is 17.8 Å². The van der Waals surface area contributed by atoms with Gasteiger partial charge in [0.2, 0.25) is 5.91 Å². The summed E-state index contributed by atoms with van der Waals surface area (Å²) in [6.07, 6.45) is 4.74. The fraction of sp³-hybridized carbons (Fsp3) is 0.333. The molecule has 1 amide bonds. The van der Waals surface area contributed by atoms with Crippen LogP contribution >= 0.6 is 0 Å². The summed E-state index contributed by atoms with van der Waals surface area (Å²) in [5, 5.41) is 11.9. The van der Waals surface area contributed by atoms with Crippen LogP contribution in [-0.2, 0) is 9.59 Å². The molecule has 1 aliphatic rings. The van der Waals surface area contributed by atoms with Crippen molar-refractivity contribution in [3.05, 3.63) is 42.2 Å². The first-order chi connectivity index (χ1) is 12.0. The van der Waals surface area contributed by atoms with E-state index >= 15 is 0 Å². The van der Waals surface area contributed by atoms with Gasteiger partial charge in [-0.05, 0) is 56.0 Å². The summed E-state index contributed by atoms with van der Waals surface area (Å²) in [5.74, 6) is -1.05. The predicted octanol–water partition coefficient (Wildman–Crippen LogP) is 3.02. The summed E-state index contributed by atoms with van der Waals surface area (Å²) in [4.78, 5) is 31.4. The van der Waals surface area contributed by atoms with Crippen LogP contribution in [0.2, 0.25) is 0 Å². The van der Waals surface area contributed by atoms with E-state index in [9.17, 15) is 9.59 Å². The molecule has 0 radical (unpaired) electrons. The Kier molecular flexibility index (Phi) is 4.92. The van der Waals surface area contributed by atoms with E-state index in [4.69, 9.17) is 9.84 Å². The smallest absolute Gasteiger partial charge is 0.321 e. The van der Waals surface area contributed by atoms with Crippen molar-refractivity contribution in [1.29, 1.82) is 0 Å². The highest BCUT2D eigenvalue weighted by molar-refractivity contribution is 5.94. The second kappa shape index (κ2) is 7.29. The van der Waals surface area contributed by atoms with Crippen LogP contribution in [0.1, 0.15) is 24.8 Å². The van der Waals surface area contributed by atoms with Crippen molar-refractivity contribution in [3.63, 3.8) is 0 Å². The van der Waals surface area contributed by atoms with Gasteiger partial charge in [0.1, 0.15) is 5.75 Å². The second-order valence-electron chi connectivity index (χ2n) is 6.14. The standard InChI is InChI=1S/C18H19N3O4/c1-11-9-14(25-18-19-7-2-8-20-18)5-6-15(11)21-16(22)12-3-4-13(10-12)17(23)24/h2,5-9,12-13H,3-4,10H2,1H3,(H,21,22)(H,23,24)/t12-,13+/m1/s1. The molecule has 1 heterocycles. The van der Waals surface area contributed by atoms with E-state index in [2.05, 4.69) is 15.3 Å². The molecular weight excluding hydrogens is 322 g/mol. The first-order valence-corrected chi connectivity index (χ1v) is 8.12. The molecule has 1 aromatic carbocycles. The van der Waals surface area contributed by atoms with E-state index in [0.717, 1.165) is 5.56 Å². The zero-order chi connectivity index (χ0) is 17.8. The lowest BCUT2D eigenvalue weighted by Gasteiger charge is -2.13. The van der Waals surface area contributed by atoms with Crippen molar-refractivity contribution >= 4 is 17.6 Å². The molecule has 2 aromatic rings. The fourth-order valence-electron chi connectivity index (χ4n) is 2.96. The van der Waals surface area contributed by atoms with Gasteiger partial charge in [0, 0.05) is 24.0 Å². The molecule has 1 aromatic heterocycles. The highest BCUT2D eigenvalue weighted by Crippen LogP contribution is 2.32. The van der Waals surface area contributed by atoms with Gasteiger partial charge in [0.25, 0.3) is 0 Å². The van der Waals surface area contributed by atoms with Crippen LogP contribution in [0.4, 0.5) is 5.69 Å². The Bertz CT molecular complexity index is 779. The third kappa shape index (κ3) is 4.12. The number of nitrogens with zero attached hydrogens (tertiary/aromatic N) is 2. The number of carboxylic acid groups (broad SMARTS) is 1. The number of carboxylic acids is 1. The van der Waals surface area contributed by atoms with Crippen molar-refractivity contribution in [2.75, 3.05) is 5.32 Å². The average Bonchev–Trinajstić information content (AvgIpc) is 3.09. The SMILES string of the molecule is Cc1cc(Oc2ncccn2)ccc1NC(=O)[C@@H]1CC[C@H](C(=O)O)C1. The van der Waals surface area contributed by atoms with Gasteiger partial charge in [0.05, 0.1) is 5.92 Å². The van der Waals surface area contributed by atoms with Gasteiger partial charge in [-0.3, -0.25) is 9.59 Å². The Morgan fingerprint density at radius 3 is 2.56 bits per heavy atom. The fourth-order valence-corrected chi connectivity index (χ4v) is 2.96. The maximum atomic E-state index is 12.4. The molecule has 2 atom stereocenters. The first-order valence-electron chi connectivity index (χ1n) is 8.12. The van der Waals surface area contributed by atoms with E-state index in [0.29, 0.717) is 30.7 Å². The zero-order valence-corrected chi connectivity index (χ0v) is 13.8. The molecule has 1 aliphatic carbocycles. The van der Waals surface area contributed by atoms with Gasteiger partial charge in [-0.15, -0.1) is 0 Å². The Hall–Kier alpha value is -2.96. The summed E-state index contributed by atoms with van der Waals surface area (Å²) >= 11 is 0. The molecule has 0 aliphatic heterocycles. The Morgan fingerprint density at radius 1 is 1.20 bits per heavy atom. The number of amides is 1. The minimum absolute atomic E-state index is 0.132. The highest BCUT2D eigenvalue weighted by Gasteiger charge is 2.33. The molecule has 0 spiro atoms. The largest absolute Gasteiger partial charge is 0.481 e. The monoisotopic (exact) mass is 341 g/mol. The van der Waals surface area contributed by atoms with Crippen LogP contribution in [-0.4, -0.2) is 27.0 Å². The average molecular weight is 341 g/mol. The number of rotatable bonds is 5. The quantitative estimate of drug-likeness (QED) is 0.867. The molecule has 0 bridgehead atoms. The van der Waals surface area contributed by atoms with Crippen LogP contribution in [0.25, 0.3) is 0 Å². The highest BCUT2D eigenvalue weighted by atomic mass is 16.5. The number of aryl methyl sites for hydroxylation is 1. The van der Waals surface area contributed by atoms with Gasteiger partial charge >= 0.3 is 12.0 Å². The summed E-state index contributed by atoms with van der Waals surface area (Å²) in [5.41, 5.74) is 1.53. The molecule has 7 heteroatoms. The summed E-state index contributed by atoms with van der Waals surface area (Å²) in [7, 11) is 0. The molecule has 7 nitrogen and oxygen atoms in total. The lowest BCUT2D eigenvalue weighted by Crippen LogP contribution is -2.22. The van der Waals surface area contributed by atoms with Crippen LogP contribution in [0, 0.1) is 18.8 Å². The number of anilines is 1. The normalized spacial score (nSPS) is 19.4. The number of carbonyl (C=O) groups is 2. The molecule has 1 fully saturated rings. The Labute approximate surface area is 145 Å². The van der Waals surface area contributed by atoms with Crippen LogP contribution in [0.3, 0.4) is 0 Å². The van der Waals surface area contributed by atoms with E-state index in [1.54, 1.807) is 36.7 Å². The first kappa shape index (κ1) is 16.9. The third-order valence-corrected chi connectivity index (χ3v) is 4.36. The molecule has 3 rings (SSSR count). The van der Waals surface area contributed by atoms with Crippen molar-refractivity contribution in [3.8, 4) is 11.8 Å². The number of hydrogen-bond acceptors (Lipinski definition) is 5. The van der Waals surface area contributed by atoms with Crippen molar-refractivity contribution in [2.45, 2.75) is 26.2 Å². The number of aromatic nitrogens is 2. The number of nitrogens with one attached hydrogen (secondary N) is 1. The van der Waals surface area contributed by atoms with E-state index in [1.165, 1.54) is 0 Å². The minimum Gasteiger partial charge on any atom is -0.481 e. The molecule has 1 saturated carbocycles. The van der Waals surface area contributed by atoms with Gasteiger partial charge < -0.3 is 15.2 Å². The van der Waals surface area contributed by atoms with Crippen molar-refractivity contribution in [2.24, 2.45) is 11.8 Å². The van der Waals surface area contributed by atoms with Crippen LogP contribution in [0.5, 0.6) is 11.8 Å². The predicted molar refractivity (Wildman–Crippen MR) is 90.4 cm³/mol. The van der Waals surface area contributed by atoms with Gasteiger partial charge in [-0.2, -0.15) is 0 Å². The van der Waals surface area contributed by atoms with Gasteiger partial charge in [-0.1, -0.05) is 0 Å². The summed E-state index contributed by atoms with van der Waals surface area (Å²) in [6, 6.07) is 7.24. The Morgan fingerprint density at radius 2 is 1.92 bits per heavy atom. The summed E-state index contributed by atoms with van der Waals surface area (Å²) in [6.45, 7) is 1.86. The summed E-state index contributed by atoms with van der Waals surface area (Å²) < 4.78 is 5.56. The molecule has 2 N–H and O–H groups in total.